The minimum absolute atomic E-state index is 0.0671. The topological polar surface area (TPSA) is 69.7 Å². The van der Waals surface area contributed by atoms with Crippen LogP contribution in [0.2, 0.25) is 0 Å². The number of phenols is 2. The first kappa shape index (κ1) is 11.0. The Morgan fingerprint density at radius 1 is 1.25 bits per heavy atom. The predicted octanol–water partition coefficient (Wildman–Crippen LogP) is 1.09. The van der Waals surface area contributed by atoms with Crippen LogP contribution in [-0.4, -0.2) is 26.8 Å². The highest BCUT2D eigenvalue weighted by Crippen LogP contribution is 2.31. The van der Waals surface area contributed by atoms with Crippen LogP contribution in [0.15, 0.2) is 12.1 Å². The van der Waals surface area contributed by atoms with E-state index in [2.05, 4.69) is 0 Å². The Bertz CT molecular complexity index is 434. The number of aromatic hydroxyl groups is 2. The van der Waals surface area contributed by atoms with Crippen LogP contribution in [0.3, 0.4) is 0 Å². The number of hydrogen-bond donors (Lipinski definition) is 3. The van der Waals surface area contributed by atoms with E-state index in [1.165, 1.54) is 0 Å². The zero-order chi connectivity index (χ0) is 11.7. The molecule has 0 amide bonds. The fourth-order valence-electron chi connectivity index (χ4n) is 1.98. The van der Waals surface area contributed by atoms with Crippen LogP contribution in [0.1, 0.15) is 17.5 Å². The molecule has 0 unspecified atom stereocenters. The van der Waals surface area contributed by atoms with Gasteiger partial charge >= 0.3 is 0 Å². The van der Waals surface area contributed by atoms with Crippen molar-refractivity contribution in [2.75, 3.05) is 6.54 Å². The first-order chi connectivity index (χ1) is 7.58. The van der Waals surface area contributed by atoms with E-state index in [9.17, 15) is 10.2 Å². The summed E-state index contributed by atoms with van der Waals surface area (Å²) >= 11 is 4.96. The Kier molecular flexibility index (Phi) is 2.87. The predicted molar refractivity (Wildman–Crippen MR) is 65.3 cm³/mol. The average Bonchev–Trinajstić information content (AvgIpc) is 2.41. The molecule has 1 heterocycles. The quantitative estimate of drug-likeness (QED) is 0.466. The standard InChI is InChI=1S/C11H14N2O2S/c12-11(16)13-3-1-2-7-4-9(14)10(15)5-8(7)6-13/h4-5,14-15H,1-3,6H2,(H2,12,16). The molecule has 0 saturated carbocycles. The number of benzene rings is 1. The highest BCUT2D eigenvalue weighted by Gasteiger charge is 2.17. The molecule has 2 rings (SSSR count). The second kappa shape index (κ2) is 4.17. The Morgan fingerprint density at radius 3 is 2.50 bits per heavy atom. The number of hydrogen-bond acceptors (Lipinski definition) is 3. The average molecular weight is 238 g/mol. The fourth-order valence-corrected chi connectivity index (χ4v) is 2.13. The number of phenolic OH excluding ortho intramolecular Hbond substituents is 2. The molecule has 4 nitrogen and oxygen atoms in total. The van der Waals surface area contributed by atoms with Crippen molar-refractivity contribution < 1.29 is 10.2 Å². The van der Waals surface area contributed by atoms with Crippen LogP contribution in [0, 0.1) is 0 Å². The second-order valence-corrected chi connectivity index (χ2v) is 4.39. The normalized spacial score (nSPS) is 15.4. The van der Waals surface area contributed by atoms with Crippen molar-refractivity contribution >= 4 is 17.3 Å². The van der Waals surface area contributed by atoms with E-state index >= 15 is 0 Å². The molecule has 0 atom stereocenters. The van der Waals surface area contributed by atoms with Crippen molar-refractivity contribution in [1.29, 1.82) is 0 Å². The van der Waals surface area contributed by atoms with Crippen LogP contribution < -0.4 is 5.73 Å². The van der Waals surface area contributed by atoms with Crippen LogP contribution >= 0.6 is 12.2 Å². The van der Waals surface area contributed by atoms with Crippen molar-refractivity contribution in [3.8, 4) is 11.5 Å². The fraction of sp³-hybridized carbons (Fsp3) is 0.364. The maximum absolute atomic E-state index is 9.46. The van der Waals surface area contributed by atoms with Crippen LogP contribution in [0.5, 0.6) is 11.5 Å². The summed E-state index contributed by atoms with van der Waals surface area (Å²) in [6.07, 6.45) is 1.80. The van der Waals surface area contributed by atoms with Gasteiger partial charge in [0, 0.05) is 13.1 Å². The van der Waals surface area contributed by atoms with Gasteiger partial charge in [0.1, 0.15) is 0 Å². The first-order valence-electron chi connectivity index (χ1n) is 5.16. The molecule has 1 aliphatic rings. The Labute approximate surface area is 99.3 Å². The summed E-state index contributed by atoms with van der Waals surface area (Å²) in [5.41, 5.74) is 7.63. The smallest absolute Gasteiger partial charge is 0.166 e. The third-order valence-corrected chi connectivity index (χ3v) is 3.10. The molecule has 0 aromatic heterocycles. The van der Waals surface area contributed by atoms with Crippen LogP contribution in [0.25, 0.3) is 0 Å². The molecule has 1 aromatic rings. The van der Waals surface area contributed by atoms with E-state index < -0.39 is 0 Å². The van der Waals surface area contributed by atoms with Gasteiger partial charge in [0.05, 0.1) is 0 Å². The van der Waals surface area contributed by atoms with Gasteiger partial charge in [-0.2, -0.15) is 0 Å². The molecule has 16 heavy (non-hydrogen) atoms. The monoisotopic (exact) mass is 238 g/mol. The van der Waals surface area contributed by atoms with Gasteiger partial charge in [-0.1, -0.05) is 0 Å². The lowest BCUT2D eigenvalue weighted by atomic mass is 10.0. The van der Waals surface area contributed by atoms with E-state index in [0.29, 0.717) is 11.7 Å². The summed E-state index contributed by atoms with van der Waals surface area (Å²) in [4.78, 5) is 1.90. The highest BCUT2D eigenvalue weighted by atomic mass is 32.1. The van der Waals surface area contributed by atoms with Crippen molar-refractivity contribution in [1.82, 2.24) is 4.90 Å². The van der Waals surface area contributed by atoms with Gasteiger partial charge in [0.15, 0.2) is 16.6 Å². The number of fused-ring (bicyclic) bond motifs is 1. The summed E-state index contributed by atoms with van der Waals surface area (Å²) in [7, 11) is 0. The van der Waals surface area contributed by atoms with Crippen molar-refractivity contribution in [2.24, 2.45) is 5.73 Å². The lowest BCUT2D eigenvalue weighted by molar-refractivity contribution is 0.399. The molecule has 1 aliphatic heterocycles. The molecule has 0 radical (unpaired) electrons. The minimum atomic E-state index is -0.0939. The Hall–Kier alpha value is -1.49. The van der Waals surface area contributed by atoms with Crippen molar-refractivity contribution in [2.45, 2.75) is 19.4 Å². The van der Waals surface area contributed by atoms with Gasteiger partial charge in [0.2, 0.25) is 0 Å². The summed E-state index contributed by atoms with van der Waals surface area (Å²) in [6.45, 7) is 1.41. The minimum Gasteiger partial charge on any atom is -0.504 e. The zero-order valence-electron chi connectivity index (χ0n) is 8.81. The lowest BCUT2D eigenvalue weighted by Gasteiger charge is -2.20. The van der Waals surface area contributed by atoms with E-state index in [-0.39, 0.29) is 11.5 Å². The lowest BCUT2D eigenvalue weighted by Crippen LogP contribution is -2.34. The number of nitrogens with two attached hydrogens (primary N) is 1. The van der Waals surface area contributed by atoms with Gasteiger partial charge in [-0.05, 0) is 48.3 Å². The first-order valence-corrected chi connectivity index (χ1v) is 5.57. The van der Waals surface area contributed by atoms with Gasteiger partial charge in [-0.15, -0.1) is 0 Å². The molecule has 0 saturated heterocycles. The van der Waals surface area contributed by atoms with Gasteiger partial charge < -0.3 is 20.8 Å². The molecule has 86 valence electrons. The highest BCUT2D eigenvalue weighted by molar-refractivity contribution is 7.80. The van der Waals surface area contributed by atoms with Crippen LogP contribution in [0.4, 0.5) is 0 Å². The Balaban J connectivity index is 2.36. The van der Waals surface area contributed by atoms with Gasteiger partial charge in [0.25, 0.3) is 0 Å². The van der Waals surface area contributed by atoms with E-state index in [4.69, 9.17) is 18.0 Å². The molecule has 0 bridgehead atoms. The van der Waals surface area contributed by atoms with Gasteiger partial charge in [-0.25, -0.2) is 0 Å². The molecule has 0 spiro atoms. The number of nitrogens with zero attached hydrogens (tertiary/aromatic N) is 1. The van der Waals surface area contributed by atoms with Crippen molar-refractivity contribution in [3.05, 3.63) is 23.3 Å². The van der Waals surface area contributed by atoms with Gasteiger partial charge in [-0.3, -0.25) is 0 Å². The molecular weight excluding hydrogens is 224 g/mol. The largest absolute Gasteiger partial charge is 0.504 e. The van der Waals surface area contributed by atoms with E-state index in [0.717, 1.165) is 30.5 Å². The number of thiocarbonyl (C=S) groups is 1. The zero-order valence-corrected chi connectivity index (χ0v) is 9.63. The molecule has 0 fully saturated rings. The third kappa shape index (κ3) is 2.04. The summed E-state index contributed by atoms with van der Waals surface area (Å²) in [5.74, 6) is -0.161. The molecule has 4 N–H and O–H groups in total. The number of aryl methyl sites for hydroxylation is 1. The number of rotatable bonds is 0. The Morgan fingerprint density at radius 2 is 1.88 bits per heavy atom. The summed E-state index contributed by atoms with van der Waals surface area (Å²) in [6, 6.07) is 3.20. The maximum atomic E-state index is 9.46. The molecule has 1 aromatic carbocycles. The SMILES string of the molecule is NC(=S)N1CCCc2cc(O)c(O)cc2C1. The molecule has 5 heteroatoms. The molecular formula is C11H14N2O2S. The van der Waals surface area contributed by atoms with Crippen LogP contribution in [-0.2, 0) is 13.0 Å². The van der Waals surface area contributed by atoms with E-state index in [1.54, 1.807) is 12.1 Å². The van der Waals surface area contributed by atoms with E-state index in [1.807, 2.05) is 4.90 Å². The van der Waals surface area contributed by atoms with Crippen molar-refractivity contribution in [3.63, 3.8) is 0 Å². The summed E-state index contributed by atoms with van der Waals surface area (Å²) < 4.78 is 0. The second-order valence-electron chi connectivity index (χ2n) is 3.97. The third-order valence-electron chi connectivity index (χ3n) is 2.84. The molecule has 0 aliphatic carbocycles. The summed E-state index contributed by atoms with van der Waals surface area (Å²) in [5, 5.41) is 19.3. The maximum Gasteiger partial charge on any atom is 0.166 e.